The van der Waals surface area contributed by atoms with Crippen LogP contribution in [0.25, 0.3) is 0 Å². The highest BCUT2D eigenvalue weighted by molar-refractivity contribution is 7.90. The minimum Gasteiger partial charge on any atom is -0.379 e. The average molecular weight is 362 g/mol. The molecule has 0 spiro atoms. The summed E-state index contributed by atoms with van der Waals surface area (Å²) in [5.41, 5.74) is 0. The van der Waals surface area contributed by atoms with Crippen LogP contribution < -0.4 is 10.6 Å². The lowest BCUT2D eigenvalue weighted by molar-refractivity contribution is 0.154. The molecule has 0 aliphatic heterocycles. The lowest BCUT2D eigenvalue weighted by Crippen LogP contribution is -2.44. The summed E-state index contributed by atoms with van der Waals surface area (Å²) in [6.45, 7) is 5.46. The van der Waals surface area contributed by atoms with Gasteiger partial charge in [-0.15, -0.1) is 11.3 Å². The number of aryl methyl sites for hydroxylation is 1. The number of nitrogens with zero attached hydrogens (tertiary/aromatic N) is 1. The normalized spacial score (nSPS) is 13.8. The maximum atomic E-state index is 11.0. The summed E-state index contributed by atoms with van der Waals surface area (Å²) in [7, 11) is -1.23. The van der Waals surface area contributed by atoms with E-state index in [0.717, 1.165) is 12.4 Å². The maximum absolute atomic E-state index is 11.0. The Labute approximate surface area is 143 Å². The molecular weight excluding hydrogens is 334 g/mol. The topological polar surface area (TPSA) is 79.8 Å². The lowest BCUT2D eigenvalue weighted by atomic mass is 10.2. The molecule has 23 heavy (non-hydrogen) atoms. The van der Waals surface area contributed by atoms with E-state index >= 15 is 0 Å². The van der Waals surface area contributed by atoms with E-state index in [9.17, 15) is 8.42 Å². The van der Waals surface area contributed by atoms with Gasteiger partial charge in [-0.3, -0.25) is 4.99 Å². The molecule has 8 heteroatoms. The Morgan fingerprint density at radius 3 is 2.70 bits per heavy atom. The molecule has 0 aromatic carbocycles. The van der Waals surface area contributed by atoms with Crippen molar-refractivity contribution in [1.29, 1.82) is 0 Å². The van der Waals surface area contributed by atoms with E-state index in [2.05, 4.69) is 41.6 Å². The lowest BCUT2D eigenvalue weighted by Gasteiger charge is -2.17. The summed E-state index contributed by atoms with van der Waals surface area (Å²) in [5, 5.41) is 6.49. The number of ether oxygens (including phenoxy) is 1. The van der Waals surface area contributed by atoms with Crippen LogP contribution in [0.4, 0.5) is 0 Å². The first-order valence-electron chi connectivity index (χ1n) is 7.58. The Balaban J connectivity index is 2.21. The van der Waals surface area contributed by atoms with Crippen LogP contribution in [0.3, 0.4) is 0 Å². The van der Waals surface area contributed by atoms with Crippen molar-refractivity contribution in [3.63, 3.8) is 0 Å². The minimum absolute atomic E-state index is 0.0528. The van der Waals surface area contributed by atoms with Gasteiger partial charge in [-0.25, -0.2) is 8.42 Å². The van der Waals surface area contributed by atoms with Crippen molar-refractivity contribution < 1.29 is 13.2 Å². The highest BCUT2D eigenvalue weighted by Gasteiger charge is 2.07. The molecule has 0 saturated carbocycles. The fraction of sp³-hybridized carbons (Fsp3) is 0.667. The van der Waals surface area contributed by atoms with E-state index in [1.807, 2.05) is 11.3 Å². The zero-order valence-corrected chi connectivity index (χ0v) is 15.9. The Hall–Kier alpha value is -1.12. The monoisotopic (exact) mass is 361 g/mol. The van der Waals surface area contributed by atoms with Gasteiger partial charge < -0.3 is 15.4 Å². The predicted octanol–water partition coefficient (Wildman–Crippen LogP) is 1.21. The molecule has 2 N–H and O–H groups in total. The highest BCUT2D eigenvalue weighted by Crippen LogP contribution is 2.16. The van der Waals surface area contributed by atoms with Gasteiger partial charge >= 0.3 is 0 Å². The van der Waals surface area contributed by atoms with Gasteiger partial charge in [-0.1, -0.05) is 0 Å². The maximum Gasteiger partial charge on any atom is 0.191 e. The smallest absolute Gasteiger partial charge is 0.191 e. The van der Waals surface area contributed by atoms with Gasteiger partial charge in [0.1, 0.15) is 9.84 Å². The Morgan fingerprint density at radius 2 is 2.13 bits per heavy atom. The summed E-state index contributed by atoms with van der Waals surface area (Å²) in [6.07, 6.45) is 2.15. The van der Waals surface area contributed by atoms with Crippen LogP contribution in [-0.2, 0) is 21.0 Å². The third-order valence-electron chi connectivity index (χ3n) is 3.05. The molecule has 6 nitrogen and oxygen atoms in total. The molecule has 0 aliphatic carbocycles. The highest BCUT2D eigenvalue weighted by atomic mass is 32.2. The second-order valence-electron chi connectivity index (χ2n) is 5.50. The molecule has 0 aliphatic rings. The molecule has 1 aromatic rings. The van der Waals surface area contributed by atoms with Crippen LogP contribution in [0.5, 0.6) is 0 Å². The van der Waals surface area contributed by atoms with Gasteiger partial charge in [0.25, 0.3) is 0 Å². The van der Waals surface area contributed by atoms with E-state index in [1.165, 1.54) is 16.0 Å². The summed E-state index contributed by atoms with van der Waals surface area (Å²) in [4.78, 5) is 6.85. The molecule has 0 amide bonds. The van der Waals surface area contributed by atoms with Crippen LogP contribution in [0.1, 0.15) is 16.7 Å². The van der Waals surface area contributed by atoms with Crippen molar-refractivity contribution in [3.8, 4) is 0 Å². The van der Waals surface area contributed by atoms with Gasteiger partial charge in [0.2, 0.25) is 0 Å². The molecule has 1 unspecified atom stereocenters. The number of aliphatic imine (C=N–C) groups is 1. The molecule has 1 aromatic heterocycles. The number of thiophene rings is 1. The van der Waals surface area contributed by atoms with E-state index in [-0.39, 0.29) is 18.4 Å². The van der Waals surface area contributed by atoms with Crippen LogP contribution in [0, 0.1) is 6.92 Å². The van der Waals surface area contributed by atoms with Gasteiger partial charge in [0.05, 0.1) is 19.0 Å². The molecule has 1 heterocycles. The van der Waals surface area contributed by atoms with Gasteiger partial charge in [0.15, 0.2) is 5.96 Å². The minimum atomic E-state index is -2.96. The number of nitrogens with one attached hydrogen (secondary N) is 2. The second-order valence-corrected chi connectivity index (χ2v) is 9.14. The van der Waals surface area contributed by atoms with Crippen molar-refractivity contribution in [2.24, 2.45) is 4.99 Å². The molecular formula is C15H27N3O3S2. The van der Waals surface area contributed by atoms with Crippen molar-refractivity contribution in [2.75, 3.05) is 38.8 Å². The first kappa shape index (κ1) is 19.9. The van der Waals surface area contributed by atoms with E-state index in [4.69, 9.17) is 4.74 Å². The largest absolute Gasteiger partial charge is 0.379 e. The number of hydrogen-bond donors (Lipinski definition) is 2. The summed E-state index contributed by atoms with van der Waals surface area (Å²) < 4.78 is 27.2. The third-order valence-corrected chi connectivity index (χ3v) is 4.98. The Morgan fingerprint density at radius 1 is 1.39 bits per heavy atom. The van der Waals surface area contributed by atoms with Gasteiger partial charge in [-0.05, 0) is 26.0 Å². The summed E-state index contributed by atoms with van der Waals surface area (Å²) >= 11 is 1.81. The fourth-order valence-electron chi connectivity index (χ4n) is 1.93. The third kappa shape index (κ3) is 9.58. The Kier molecular flexibility index (Phi) is 8.57. The van der Waals surface area contributed by atoms with Crippen LogP contribution >= 0.6 is 11.3 Å². The average Bonchev–Trinajstić information content (AvgIpc) is 2.85. The van der Waals surface area contributed by atoms with Crippen molar-refractivity contribution in [3.05, 3.63) is 21.9 Å². The van der Waals surface area contributed by atoms with Crippen LogP contribution in [0.15, 0.2) is 17.1 Å². The number of sulfone groups is 1. The first-order valence-corrected chi connectivity index (χ1v) is 10.5. The second kappa shape index (κ2) is 9.89. The molecule has 0 bridgehead atoms. The molecule has 0 fully saturated rings. The van der Waals surface area contributed by atoms with Crippen LogP contribution in [-0.4, -0.2) is 59.2 Å². The van der Waals surface area contributed by atoms with Gasteiger partial charge in [-0.2, -0.15) is 0 Å². The van der Waals surface area contributed by atoms with Gasteiger partial charge in [0, 0.05) is 42.1 Å². The summed E-state index contributed by atoms with van der Waals surface area (Å²) in [6, 6.07) is 4.56. The standard InChI is InChI=1S/C15H27N3O3S2/c1-12(11-14-6-5-13(2)22-14)18-15(16-3)17-7-8-21-9-10-23(4,19)20/h5-6,12H,7-11H2,1-4H3,(H2,16,17,18). The number of rotatable bonds is 9. The zero-order valence-electron chi connectivity index (χ0n) is 14.3. The molecule has 132 valence electrons. The fourth-order valence-corrected chi connectivity index (χ4v) is 3.37. The molecule has 0 saturated heterocycles. The van der Waals surface area contributed by atoms with Crippen molar-refractivity contribution in [1.82, 2.24) is 10.6 Å². The predicted molar refractivity (Wildman–Crippen MR) is 97.2 cm³/mol. The van der Waals surface area contributed by atoms with Crippen LogP contribution in [0.2, 0.25) is 0 Å². The number of hydrogen-bond acceptors (Lipinski definition) is 5. The van der Waals surface area contributed by atoms with Crippen molar-refractivity contribution in [2.45, 2.75) is 26.3 Å². The Bertz CT molecular complexity index is 597. The molecule has 0 radical (unpaired) electrons. The quantitative estimate of drug-likeness (QED) is 0.393. The van der Waals surface area contributed by atoms with Crippen molar-refractivity contribution >= 4 is 27.1 Å². The SMILES string of the molecule is CN=C(NCCOCCS(C)(=O)=O)NC(C)Cc1ccc(C)s1. The summed E-state index contributed by atoms with van der Waals surface area (Å²) in [5.74, 6) is 0.773. The molecule has 1 rings (SSSR count). The van der Waals surface area contributed by atoms with E-state index in [1.54, 1.807) is 7.05 Å². The first-order chi connectivity index (χ1) is 10.8. The zero-order chi connectivity index (χ0) is 17.3. The molecule has 1 atom stereocenters. The van der Waals surface area contributed by atoms with E-state index in [0.29, 0.717) is 13.2 Å². The van der Waals surface area contributed by atoms with E-state index < -0.39 is 9.84 Å². The number of guanidine groups is 1.